The highest BCUT2D eigenvalue weighted by molar-refractivity contribution is 7.92. The van der Waals surface area contributed by atoms with E-state index in [1.165, 1.54) is 12.1 Å². The van der Waals surface area contributed by atoms with Crippen molar-refractivity contribution in [1.82, 2.24) is 0 Å². The second-order valence-corrected chi connectivity index (χ2v) is 8.39. The molecule has 0 atom stereocenters. The summed E-state index contributed by atoms with van der Waals surface area (Å²) in [6, 6.07) is 18.1. The molecule has 0 aliphatic carbocycles. The maximum Gasteiger partial charge on any atom is 0.261 e. The third-order valence-electron chi connectivity index (χ3n) is 4.68. The van der Waals surface area contributed by atoms with Crippen molar-refractivity contribution in [1.29, 1.82) is 0 Å². The van der Waals surface area contributed by atoms with E-state index in [1.54, 1.807) is 61.5 Å². The Hall–Kier alpha value is -3.52. The molecule has 1 aliphatic heterocycles. The summed E-state index contributed by atoms with van der Waals surface area (Å²) in [5.41, 5.74) is 1.78. The van der Waals surface area contributed by atoms with Gasteiger partial charge in [-0.15, -0.1) is 0 Å². The minimum absolute atomic E-state index is 0.149. The van der Waals surface area contributed by atoms with Gasteiger partial charge in [-0.25, -0.2) is 8.42 Å². The van der Waals surface area contributed by atoms with Crippen LogP contribution in [0.1, 0.15) is 15.9 Å². The monoisotopic (exact) mass is 424 g/mol. The van der Waals surface area contributed by atoms with Crippen molar-refractivity contribution in [3.8, 4) is 11.5 Å². The number of amides is 1. The van der Waals surface area contributed by atoms with E-state index >= 15 is 0 Å². The summed E-state index contributed by atoms with van der Waals surface area (Å²) in [5.74, 6) is 0.845. The molecule has 0 unspecified atom stereocenters. The predicted octanol–water partition coefficient (Wildman–Crippen LogP) is 3.82. The largest absolute Gasteiger partial charge is 0.486 e. The van der Waals surface area contributed by atoms with Gasteiger partial charge >= 0.3 is 0 Å². The highest BCUT2D eigenvalue weighted by Gasteiger charge is 2.19. The van der Waals surface area contributed by atoms with Crippen LogP contribution in [-0.2, 0) is 10.0 Å². The molecular weight excluding hydrogens is 404 g/mol. The zero-order valence-corrected chi connectivity index (χ0v) is 17.0. The first kappa shape index (κ1) is 19.8. The number of carbonyl (C=O) groups is 1. The first-order valence-corrected chi connectivity index (χ1v) is 10.8. The zero-order chi connectivity index (χ0) is 21.1. The lowest BCUT2D eigenvalue weighted by molar-refractivity contribution is 0.102. The SMILES string of the molecule is Cc1c(NS(=O)(=O)c2ccccc2)cccc1C(=O)Nc1ccc2c(c1)OCCO2. The molecule has 1 heterocycles. The number of sulfonamides is 1. The van der Waals surface area contributed by atoms with Crippen LogP contribution < -0.4 is 19.5 Å². The van der Waals surface area contributed by atoms with E-state index in [1.807, 2.05) is 0 Å². The summed E-state index contributed by atoms with van der Waals surface area (Å²) >= 11 is 0. The number of fused-ring (bicyclic) bond motifs is 1. The minimum Gasteiger partial charge on any atom is -0.486 e. The molecule has 0 bridgehead atoms. The number of benzene rings is 3. The van der Waals surface area contributed by atoms with Gasteiger partial charge in [-0.05, 0) is 48.9 Å². The maximum absolute atomic E-state index is 12.8. The van der Waals surface area contributed by atoms with Gasteiger partial charge in [0.1, 0.15) is 13.2 Å². The molecule has 0 spiro atoms. The van der Waals surface area contributed by atoms with Crippen molar-refractivity contribution >= 4 is 27.3 Å². The molecule has 7 nitrogen and oxygen atoms in total. The van der Waals surface area contributed by atoms with E-state index in [0.29, 0.717) is 47.2 Å². The van der Waals surface area contributed by atoms with Crippen molar-refractivity contribution in [3.63, 3.8) is 0 Å². The third-order valence-corrected chi connectivity index (χ3v) is 6.06. The van der Waals surface area contributed by atoms with Crippen LogP contribution in [0.15, 0.2) is 71.6 Å². The quantitative estimate of drug-likeness (QED) is 0.649. The van der Waals surface area contributed by atoms with Gasteiger partial charge in [0, 0.05) is 17.3 Å². The van der Waals surface area contributed by atoms with Gasteiger partial charge in [-0.1, -0.05) is 24.3 Å². The molecule has 0 radical (unpaired) electrons. The number of rotatable bonds is 5. The first-order valence-electron chi connectivity index (χ1n) is 9.32. The summed E-state index contributed by atoms with van der Waals surface area (Å²) < 4.78 is 38.8. The molecule has 0 fully saturated rings. The number of ether oxygens (including phenoxy) is 2. The lowest BCUT2D eigenvalue weighted by Crippen LogP contribution is -2.18. The minimum atomic E-state index is -3.76. The Balaban J connectivity index is 1.56. The Morgan fingerprint density at radius 1 is 0.900 bits per heavy atom. The van der Waals surface area contributed by atoms with Gasteiger partial charge in [0.2, 0.25) is 0 Å². The van der Waals surface area contributed by atoms with Gasteiger partial charge in [0.25, 0.3) is 15.9 Å². The van der Waals surface area contributed by atoms with Gasteiger partial charge in [0.05, 0.1) is 10.6 Å². The molecule has 1 amide bonds. The lowest BCUT2D eigenvalue weighted by Gasteiger charge is -2.19. The van der Waals surface area contributed by atoms with Crippen molar-refractivity contribution in [2.24, 2.45) is 0 Å². The molecule has 8 heteroatoms. The number of hydrogen-bond acceptors (Lipinski definition) is 5. The lowest BCUT2D eigenvalue weighted by atomic mass is 10.1. The molecule has 30 heavy (non-hydrogen) atoms. The Labute approximate surface area is 174 Å². The maximum atomic E-state index is 12.8. The third kappa shape index (κ3) is 4.08. The molecule has 4 rings (SSSR count). The Morgan fingerprint density at radius 2 is 1.63 bits per heavy atom. The van der Waals surface area contributed by atoms with Gasteiger partial charge in [-0.2, -0.15) is 0 Å². The number of nitrogens with one attached hydrogen (secondary N) is 2. The van der Waals surface area contributed by atoms with Gasteiger partial charge < -0.3 is 14.8 Å². The summed E-state index contributed by atoms with van der Waals surface area (Å²) in [7, 11) is -3.76. The van der Waals surface area contributed by atoms with E-state index < -0.39 is 10.0 Å². The van der Waals surface area contributed by atoms with Crippen molar-refractivity contribution in [3.05, 3.63) is 77.9 Å². The molecule has 0 saturated carbocycles. The molecule has 3 aromatic rings. The van der Waals surface area contributed by atoms with E-state index in [9.17, 15) is 13.2 Å². The molecule has 2 N–H and O–H groups in total. The Bertz CT molecular complexity index is 1190. The predicted molar refractivity (Wildman–Crippen MR) is 114 cm³/mol. The van der Waals surface area contributed by atoms with Crippen LogP contribution in [0.2, 0.25) is 0 Å². The van der Waals surface area contributed by atoms with E-state index in [4.69, 9.17) is 9.47 Å². The van der Waals surface area contributed by atoms with Gasteiger partial charge in [0.15, 0.2) is 11.5 Å². The van der Waals surface area contributed by atoms with E-state index in [2.05, 4.69) is 10.0 Å². The first-order chi connectivity index (χ1) is 14.4. The van der Waals surface area contributed by atoms with Crippen molar-refractivity contribution < 1.29 is 22.7 Å². The van der Waals surface area contributed by atoms with E-state index in [0.717, 1.165) is 0 Å². The number of carbonyl (C=O) groups excluding carboxylic acids is 1. The van der Waals surface area contributed by atoms with E-state index in [-0.39, 0.29) is 10.8 Å². The normalized spacial score (nSPS) is 12.8. The van der Waals surface area contributed by atoms with Crippen molar-refractivity contribution in [2.45, 2.75) is 11.8 Å². The fraction of sp³-hybridized carbons (Fsp3) is 0.136. The van der Waals surface area contributed by atoms with Crippen LogP contribution in [0.25, 0.3) is 0 Å². The average molecular weight is 424 g/mol. The summed E-state index contributed by atoms with van der Waals surface area (Å²) in [4.78, 5) is 13.0. The van der Waals surface area contributed by atoms with Crippen molar-refractivity contribution in [2.75, 3.05) is 23.3 Å². The molecule has 3 aromatic carbocycles. The zero-order valence-electron chi connectivity index (χ0n) is 16.2. The van der Waals surface area contributed by atoms with Crippen LogP contribution in [0.4, 0.5) is 11.4 Å². The van der Waals surface area contributed by atoms with Crippen LogP contribution in [0, 0.1) is 6.92 Å². The molecule has 1 aliphatic rings. The van der Waals surface area contributed by atoms with Gasteiger partial charge in [-0.3, -0.25) is 9.52 Å². The number of hydrogen-bond donors (Lipinski definition) is 2. The Kier molecular flexibility index (Phi) is 5.33. The van der Waals surface area contributed by atoms with Crippen LogP contribution in [0.3, 0.4) is 0 Å². The standard InChI is InChI=1S/C22H20N2O5S/c1-15-18(22(25)23-16-10-11-20-21(14-16)29-13-12-28-20)8-5-9-19(15)24-30(26,27)17-6-3-2-4-7-17/h2-11,14,24H,12-13H2,1H3,(H,23,25). The van der Waals surface area contributed by atoms with Crippen LogP contribution >= 0.6 is 0 Å². The summed E-state index contributed by atoms with van der Waals surface area (Å²) in [5, 5.41) is 2.82. The molecular formula is C22H20N2O5S. The second kappa shape index (κ2) is 8.08. The van der Waals surface area contributed by atoms with Crippen LogP contribution in [0.5, 0.6) is 11.5 Å². The average Bonchev–Trinajstić information content (AvgIpc) is 2.75. The summed E-state index contributed by atoms with van der Waals surface area (Å²) in [6.45, 7) is 2.64. The number of anilines is 2. The Morgan fingerprint density at radius 3 is 2.40 bits per heavy atom. The molecule has 154 valence electrons. The topological polar surface area (TPSA) is 93.7 Å². The fourth-order valence-corrected chi connectivity index (χ4v) is 4.26. The molecule has 0 saturated heterocycles. The summed E-state index contributed by atoms with van der Waals surface area (Å²) in [6.07, 6.45) is 0. The van der Waals surface area contributed by atoms with Crippen LogP contribution in [-0.4, -0.2) is 27.5 Å². The molecule has 0 aromatic heterocycles. The fourth-order valence-electron chi connectivity index (χ4n) is 3.12. The smallest absolute Gasteiger partial charge is 0.261 e. The highest BCUT2D eigenvalue weighted by Crippen LogP contribution is 2.33. The second-order valence-electron chi connectivity index (χ2n) is 6.71. The highest BCUT2D eigenvalue weighted by atomic mass is 32.2.